The summed E-state index contributed by atoms with van der Waals surface area (Å²) in [5, 5.41) is 17.4. The maximum absolute atomic E-state index is 15.5. The predicted molar refractivity (Wildman–Crippen MR) is 500 cm³/mol. The van der Waals surface area contributed by atoms with E-state index in [1.807, 2.05) is 91.0 Å². The van der Waals surface area contributed by atoms with E-state index >= 15 is 9.59 Å². The molecule has 3 aromatic carbocycles. The standard InChI is InChI=1S/C99H145N9O32/c1-60-87(102-64(5)109)95(137-79(56-129-68(9)113)91(60)133-72(13)117)125-52-30-26-40-83(121)100-44-46-106(85(123)42-28-32-54-127-97-89(104-66(7)111)62(3)93(135-74(15)119)81(139-97)58-131-70(11)115)48-50-108(99(76-34-20-17-21-35-76,77-36-22-18-23-37-77)78-38-24-19-25-39-78)51-49-107(86(124)43-29-33-55-128-98-90(105-67(8)112)63(4)94(136-75(16)120)82(140-98)59-132-71(12)116)47-45-101-84(122)41-27-31-53-126-96-88(103-65(6)110)61(2)92(134-73(14)118)80(138-96)57-130-69(10)114/h17-25,34-39,60-63,79-82,87-98H,26-33,40-59H2,1-16H3,(H,100,121)(H,101,122)(H,102,109)(H,103,110)(H,104,111)(H,105,112)/t60-,61-,62-,63-,79?,80?,81?,82?,87?,88?,89?,90?,91-,92-,93-,94-,95-,96-,97-,98-/m1/s1. The van der Waals surface area contributed by atoms with E-state index in [2.05, 4.69) is 36.8 Å². The summed E-state index contributed by atoms with van der Waals surface area (Å²) in [6, 6.07) is 26.0. The molecule has 0 aromatic heterocycles. The molecule has 41 heteroatoms. The van der Waals surface area contributed by atoms with Crippen molar-refractivity contribution in [2.45, 2.75) is 292 Å². The summed E-state index contributed by atoms with van der Waals surface area (Å²) >= 11 is 0. The molecule has 8 amide bonds. The van der Waals surface area contributed by atoms with Crippen LogP contribution in [0.1, 0.15) is 205 Å². The topological polar surface area (TPSA) is 503 Å². The third-order valence-corrected chi connectivity index (χ3v) is 24.4. The lowest BCUT2D eigenvalue weighted by molar-refractivity contribution is -0.262. The molecule has 4 aliphatic heterocycles. The highest BCUT2D eigenvalue weighted by molar-refractivity contribution is 5.79. The number of unbranched alkanes of at least 4 members (excludes halogenated alkanes) is 4. The van der Waals surface area contributed by atoms with Crippen molar-refractivity contribution >= 4 is 95.0 Å². The van der Waals surface area contributed by atoms with Crippen LogP contribution in [0.2, 0.25) is 0 Å². The van der Waals surface area contributed by atoms with Gasteiger partial charge in [0.25, 0.3) is 0 Å². The Balaban J connectivity index is 1.19. The fourth-order valence-electron chi connectivity index (χ4n) is 17.9. The number of nitrogens with zero attached hydrogens (tertiary/aromatic N) is 3. The van der Waals surface area contributed by atoms with Crippen LogP contribution >= 0.6 is 0 Å². The summed E-state index contributed by atoms with van der Waals surface area (Å²) in [6.07, 6.45) is -9.71. The van der Waals surface area contributed by atoms with Crippen LogP contribution in [0.5, 0.6) is 0 Å². The molecule has 7 rings (SSSR count). The summed E-state index contributed by atoms with van der Waals surface area (Å²) < 4.78 is 94.0. The molecule has 0 saturated carbocycles. The van der Waals surface area contributed by atoms with Crippen molar-refractivity contribution in [1.82, 2.24) is 46.6 Å². The van der Waals surface area contributed by atoms with Crippen molar-refractivity contribution in [1.29, 1.82) is 0 Å². The minimum atomic E-state index is -1.21. The first-order chi connectivity index (χ1) is 66.7. The van der Waals surface area contributed by atoms with Crippen molar-refractivity contribution in [3.63, 3.8) is 0 Å². The first-order valence-electron chi connectivity index (χ1n) is 48.1. The molecule has 3 aromatic rings. The van der Waals surface area contributed by atoms with Crippen molar-refractivity contribution in [2.24, 2.45) is 23.7 Å². The largest absolute Gasteiger partial charge is 0.463 e. The summed E-state index contributed by atoms with van der Waals surface area (Å²) in [6.45, 7) is 21.2. The molecule has 0 radical (unpaired) electrons. The summed E-state index contributed by atoms with van der Waals surface area (Å²) in [5.41, 5.74) is 1.22. The Labute approximate surface area is 818 Å². The van der Waals surface area contributed by atoms with Crippen LogP contribution in [-0.4, -0.2) is 313 Å². The second-order valence-corrected chi connectivity index (χ2v) is 35.6. The van der Waals surface area contributed by atoms with Gasteiger partial charge in [-0.25, -0.2) is 0 Å². The fraction of sp³-hybridized carbons (Fsp3) is 0.657. The van der Waals surface area contributed by atoms with E-state index in [-0.39, 0.29) is 180 Å². The molecule has 4 heterocycles. The van der Waals surface area contributed by atoms with Gasteiger partial charge in [0.2, 0.25) is 47.3 Å². The van der Waals surface area contributed by atoms with E-state index in [4.69, 9.17) is 75.8 Å². The second kappa shape index (κ2) is 59.5. The maximum atomic E-state index is 15.5. The third kappa shape index (κ3) is 37.7. The smallest absolute Gasteiger partial charge is 0.303 e. The molecule has 4 saturated heterocycles. The van der Waals surface area contributed by atoms with Gasteiger partial charge in [0.15, 0.2) is 25.2 Å². The van der Waals surface area contributed by atoms with Gasteiger partial charge in [-0.05, 0) is 68.1 Å². The van der Waals surface area contributed by atoms with E-state index in [1.165, 1.54) is 83.1 Å². The lowest BCUT2D eigenvalue weighted by atomic mass is 9.75. The summed E-state index contributed by atoms with van der Waals surface area (Å²) in [7, 11) is 0. The summed E-state index contributed by atoms with van der Waals surface area (Å²) in [4.78, 5) is 213. The lowest BCUT2D eigenvalue weighted by Gasteiger charge is -2.47. The summed E-state index contributed by atoms with van der Waals surface area (Å²) in [5.74, 6) is -10.2. The fourth-order valence-corrected chi connectivity index (χ4v) is 17.9. The van der Waals surface area contributed by atoms with Gasteiger partial charge in [-0.2, -0.15) is 0 Å². The van der Waals surface area contributed by atoms with Gasteiger partial charge in [-0.1, -0.05) is 119 Å². The number of hydrogen-bond donors (Lipinski definition) is 6. The monoisotopic (exact) mass is 1970 g/mol. The molecule has 140 heavy (non-hydrogen) atoms. The zero-order valence-corrected chi connectivity index (χ0v) is 83.4. The zero-order valence-electron chi connectivity index (χ0n) is 83.4. The average Bonchev–Trinajstić information content (AvgIpc) is 0.735. The Morgan fingerprint density at radius 3 is 0.757 bits per heavy atom. The first-order valence-corrected chi connectivity index (χ1v) is 48.1. The number of hydrogen-bond acceptors (Lipinski definition) is 33. The molecule has 6 N–H and O–H groups in total. The average molecular weight is 1970 g/mol. The molecular weight excluding hydrogens is 1830 g/mol. The third-order valence-electron chi connectivity index (χ3n) is 24.4. The molecular formula is C99H145N9O32. The van der Waals surface area contributed by atoms with Crippen molar-refractivity contribution in [3.8, 4) is 0 Å². The number of ether oxygens (including phenoxy) is 16. The molecule has 41 nitrogen and oxygen atoms in total. The molecule has 4 fully saturated rings. The van der Waals surface area contributed by atoms with Crippen LogP contribution in [0.15, 0.2) is 91.0 Å². The minimum Gasteiger partial charge on any atom is -0.463 e. The molecule has 0 spiro atoms. The van der Waals surface area contributed by atoms with Gasteiger partial charge in [-0.3, -0.25) is 81.6 Å². The van der Waals surface area contributed by atoms with E-state index in [0.717, 1.165) is 16.7 Å². The number of carbonyl (C=O) groups is 16. The number of esters is 8. The SMILES string of the molecule is CC(=O)NC1[C@H](OCCCCC(=O)NCCN(CCN(CCN(CCNC(=O)CCCCO[C@@H]2OC(COC(C)=O)[C@H](OC(C)=O)[C@H](C)C2NC(C)=O)C(=O)CCCCO[C@@H]2OC(COC(C)=O)[C@H](OC(C)=O)[C@H](C)C2NC(C)=O)C(c2ccccc2)(c2ccccc2)c2ccccc2)C(=O)CCCCO[C@@H]2OC(COC(C)=O)[C@H](OC(C)=O)[C@H](C)C2NC(C)=O)OC(COC(C)=O)[C@H](OC(C)=O)[C@@H]1C. The Bertz CT molecular complexity index is 4180. The molecule has 0 bridgehead atoms. The molecule has 4 aliphatic rings. The van der Waals surface area contributed by atoms with Crippen LogP contribution in [0.4, 0.5) is 0 Å². The van der Waals surface area contributed by atoms with Crippen LogP contribution in [0, 0.1) is 23.7 Å². The van der Waals surface area contributed by atoms with Crippen molar-refractivity contribution in [2.75, 3.05) is 105 Å². The van der Waals surface area contributed by atoms with Crippen molar-refractivity contribution in [3.05, 3.63) is 108 Å². The zero-order chi connectivity index (χ0) is 103. The normalized spacial score (nSPS) is 24.3. The van der Waals surface area contributed by atoms with E-state index in [1.54, 1.807) is 37.5 Å². The molecule has 8 unspecified atom stereocenters. The number of carbonyl (C=O) groups excluding carboxylic acids is 16. The Morgan fingerprint density at radius 1 is 0.300 bits per heavy atom. The molecule has 778 valence electrons. The highest BCUT2D eigenvalue weighted by atomic mass is 16.7. The lowest BCUT2D eigenvalue weighted by Crippen LogP contribution is -2.62. The quantitative estimate of drug-likeness (QED) is 0.0179. The Kier molecular flexibility index (Phi) is 49.2. The van der Waals surface area contributed by atoms with Gasteiger partial charge < -0.3 is 117 Å². The van der Waals surface area contributed by atoms with Crippen LogP contribution in [0.25, 0.3) is 0 Å². The number of benzene rings is 3. The number of amides is 8. The maximum Gasteiger partial charge on any atom is 0.303 e. The van der Waals surface area contributed by atoms with Gasteiger partial charge in [-0.15, -0.1) is 0 Å². The van der Waals surface area contributed by atoms with E-state index < -0.39 is 199 Å². The van der Waals surface area contributed by atoms with Crippen LogP contribution in [0.3, 0.4) is 0 Å². The number of rotatable bonds is 56. The van der Waals surface area contributed by atoms with Gasteiger partial charge in [0.1, 0.15) is 75.3 Å². The van der Waals surface area contributed by atoms with Crippen LogP contribution in [-0.2, 0) is 158 Å². The predicted octanol–water partition coefficient (Wildman–Crippen LogP) is 5.36. The Morgan fingerprint density at radius 2 is 0.536 bits per heavy atom. The first kappa shape index (κ1) is 116. The van der Waals surface area contributed by atoms with Crippen molar-refractivity contribution < 1.29 is 153 Å². The molecule has 20 atom stereocenters. The van der Waals surface area contributed by atoms with E-state index in [0.29, 0.717) is 25.7 Å². The van der Waals surface area contributed by atoms with Gasteiger partial charge >= 0.3 is 47.8 Å². The van der Waals surface area contributed by atoms with E-state index in [9.17, 15) is 67.1 Å². The Hall–Kier alpha value is -11.2. The highest BCUT2D eigenvalue weighted by Gasteiger charge is 2.52. The highest BCUT2D eigenvalue weighted by Crippen LogP contribution is 2.43. The van der Waals surface area contributed by atoms with Gasteiger partial charge in [0, 0.05) is 211 Å². The van der Waals surface area contributed by atoms with Crippen LogP contribution < -0.4 is 31.9 Å². The van der Waals surface area contributed by atoms with Gasteiger partial charge in [0.05, 0.1) is 29.7 Å². The second-order valence-electron chi connectivity index (χ2n) is 35.6. The molecule has 0 aliphatic carbocycles. The number of nitrogens with one attached hydrogen (secondary N) is 6. The minimum absolute atomic E-state index is 0.00219.